The summed E-state index contributed by atoms with van der Waals surface area (Å²) in [6.45, 7) is 2.21. The van der Waals surface area contributed by atoms with Gasteiger partial charge in [0.25, 0.3) is 0 Å². The summed E-state index contributed by atoms with van der Waals surface area (Å²) in [5.74, 6) is 5.36. The second kappa shape index (κ2) is 8.62. The first-order valence-electron chi connectivity index (χ1n) is 6.60. The molecule has 0 radical (unpaired) electrons. The third-order valence-corrected chi connectivity index (χ3v) is 3.82. The minimum Gasteiger partial charge on any atom is -0.271 e. The van der Waals surface area contributed by atoms with Gasteiger partial charge < -0.3 is 0 Å². The number of nitrogens with one attached hydrogen (secondary N) is 1. The Morgan fingerprint density at radius 3 is 2.61 bits per heavy atom. The lowest BCUT2D eigenvalue weighted by molar-refractivity contribution is 0.476. The van der Waals surface area contributed by atoms with Gasteiger partial charge >= 0.3 is 0 Å². The summed E-state index contributed by atoms with van der Waals surface area (Å²) in [5, 5.41) is 0. The Labute approximate surface area is 117 Å². The van der Waals surface area contributed by atoms with Gasteiger partial charge in [-0.15, -0.1) is 0 Å². The van der Waals surface area contributed by atoms with Crippen molar-refractivity contribution in [3.05, 3.63) is 34.1 Å². The van der Waals surface area contributed by atoms with Crippen LogP contribution in [0.2, 0.25) is 0 Å². The maximum absolute atomic E-state index is 13.0. The van der Waals surface area contributed by atoms with Crippen LogP contribution in [0.4, 0.5) is 4.39 Å². The molecule has 1 aromatic carbocycles. The molecule has 3 N–H and O–H groups in total. The molecule has 0 fully saturated rings. The highest BCUT2D eigenvalue weighted by atomic mass is 79.9. The van der Waals surface area contributed by atoms with Crippen LogP contribution < -0.4 is 11.3 Å². The van der Waals surface area contributed by atoms with E-state index in [1.165, 1.54) is 37.8 Å². The number of benzene rings is 1. The Bertz CT molecular complexity index is 358. The van der Waals surface area contributed by atoms with Crippen LogP contribution in [0, 0.1) is 5.82 Å². The lowest BCUT2D eigenvalue weighted by Crippen LogP contribution is -2.28. The molecule has 0 aromatic heterocycles. The van der Waals surface area contributed by atoms with E-state index in [0.717, 1.165) is 22.9 Å². The SMILES string of the molecule is CCCCCCCC(NN)c1ccc(F)cc1Br. The van der Waals surface area contributed by atoms with Gasteiger partial charge in [0, 0.05) is 10.5 Å². The van der Waals surface area contributed by atoms with E-state index in [1.807, 2.05) is 0 Å². The molecule has 0 aliphatic rings. The van der Waals surface area contributed by atoms with Gasteiger partial charge in [-0.05, 0) is 24.1 Å². The van der Waals surface area contributed by atoms with Crippen LogP contribution in [0.15, 0.2) is 22.7 Å². The number of nitrogens with two attached hydrogens (primary N) is 1. The van der Waals surface area contributed by atoms with E-state index in [0.29, 0.717) is 0 Å². The first kappa shape index (κ1) is 15.6. The van der Waals surface area contributed by atoms with Crippen LogP contribution >= 0.6 is 15.9 Å². The van der Waals surface area contributed by atoms with E-state index in [9.17, 15) is 4.39 Å². The maximum atomic E-state index is 13.0. The minimum atomic E-state index is -0.232. The standard InChI is InChI=1S/C14H22BrFN2/c1-2-3-4-5-6-7-14(18-17)12-9-8-11(16)10-13(12)15/h8-10,14,18H,2-7,17H2,1H3. The second-order valence-corrected chi connectivity index (χ2v) is 5.44. The molecule has 0 amide bonds. The maximum Gasteiger partial charge on any atom is 0.124 e. The summed E-state index contributed by atoms with van der Waals surface area (Å²) >= 11 is 3.39. The minimum absolute atomic E-state index is 0.0848. The van der Waals surface area contributed by atoms with Gasteiger partial charge in [0.1, 0.15) is 5.82 Å². The molecule has 1 unspecified atom stereocenters. The highest BCUT2D eigenvalue weighted by Gasteiger charge is 2.13. The molecule has 0 heterocycles. The average molecular weight is 317 g/mol. The molecule has 1 aromatic rings. The van der Waals surface area contributed by atoms with Gasteiger partial charge in [-0.1, -0.05) is 61.0 Å². The van der Waals surface area contributed by atoms with Crippen LogP contribution in [0.3, 0.4) is 0 Å². The molecule has 2 nitrogen and oxygen atoms in total. The fourth-order valence-corrected chi connectivity index (χ4v) is 2.69. The van der Waals surface area contributed by atoms with E-state index in [4.69, 9.17) is 5.84 Å². The van der Waals surface area contributed by atoms with E-state index < -0.39 is 0 Å². The number of hydrazine groups is 1. The van der Waals surface area contributed by atoms with Crippen molar-refractivity contribution >= 4 is 15.9 Å². The molecule has 102 valence electrons. The molecule has 0 aliphatic carbocycles. The molecule has 0 saturated heterocycles. The highest BCUT2D eigenvalue weighted by molar-refractivity contribution is 9.10. The van der Waals surface area contributed by atoms with Gasteiger partial charge in [0.05, 0.1) is 0 Å². The summed E-state index contributed by atoms with van der Waals surface area (Å²) in [6, 6.07) is 4.83. The zero-order valence-corrected chi connectivity index (χ0v) is 12.5. The number of hydrogen-bond acceptors (Lipinski definition) is 2. The summed E-state index contributed by atoms with van der Waals surface area (Å²) in [6.07, 6.45) is 7.16. The van der Waals surface area contributed by atoms with Crippen molar-refractivity contribution in [2.75, 3.05) is 0 Å². The van der Waals surface area contributed by atoms with Crippen LogP contribution in [-0.2, 0) is 0 Å². The topological polar surface area (TPSA) is 38.0 Å². The van der Waals surface area contributed by atoms with Gasteiger partial charge in [0.15, 0.2) is 0 Å². The molecular formula is C14H22BrFN2. The van der Waals surface area contributed by atoms with Gasteiger partial charge in [0.2, 0.25) is 0 Å². The van der Waals surface area contributed by atoms with E-state index in [2.05, 4.69) is 28.3 Å². The second-order valence-electron chi connectivity index (χ2n) is 4.59. The van der Waals surface area contributed by atoms with Gasteiger partial charge in [-0.25, -0.2) is 4.39 Å². The molecule has 0 aliphatic heterocycles. The van der Waals surface area contributed by atoms with Crippen LogP contribution in [0.5, 0.6) is 0 Å². The third-order valence-electron chi connectivity index (χ3n) is 3.14. The molecule has 1 atom stereocenters. The summed E-state index contributed by atoms with van der Waals surface area (Å²) in [4.78, 5) is 0. The van der Waals surface area contributed by atoms with Crippen LogP contribution in [0.25, 0.3) is 0 Å². The number of unbranched alkanes of at least 4 members (excludes halogenated alkanes) is 4. The summed E-state index contributed by atoms with van der Waals surface area (Å²) in [5.41, 5.74) is 3.84. The smallest absolute Gasteiger partial charge is 0.124 e. The Hall–Kier alpha value is -0.450. The number of rotatable bonds is 8. The molecule has 0 spiro atoms. The monoisotopic (exact) mass is 316 g/mol. The molecular weight excluding hydrogens is 295 g/mol. The zero-order valence-electron chi connectivity index (χ0n) is 10.9. The normalized spacial score (nSPS) is 12.7. The first-order valence-corrected chi connectivity index (χ1v) is 7.39. The van der Waals surface area contributed by atoms with Crippen molar-refractivity contribution in [1.82, 2.24) is 5.43 Å². The molecule has 18 heavy (non-hydrogen) atoms. The summed E-state index contributed by atoms with van der Waals surface area (Å²) < 4.78 is 13.8. The Morgan fingerprint density at radius 1 is 1.28 bits per heavy atom. The van der Waals surface area contributed by atoms with Gasteiger partial charge in [-0.2, -0.15) is 0 Å². The van der Waals surface area contributed by atoms with Crippen molar-refractivity contribution < 1.29 is 4.39 Å². The molecule has 0 saturated carbocycles. The Morgan fingerprint density at radius 2 is 2.00 bits per heavy atom. The lowest BCUT2D eigenvalue weighted by Gasteiger charge is -2.17. The zero-order chi connectivity index (χ0) is 13.4. The van der Waals surface area contributed by atoms with Crippen LogP contribution in [-0.4, -0.2) is 0 Å². The predicted octanol–water partition coefficient (Wildman–Crippen LogP) is 4.45. The van der Waals surface area contributed by atoms with Crippen molar-refractivity contribution in [2.45, 2.75) is 51.5 Å². The molecule has 4 heteroatoms. The van der Waals surface area contributed by atoms with Crippen molar-refractivity contribution in [3.63, 3.8) is 0 Å². The van der Waals surface area contributed by atoms with Crippen LogP contribution in [0.1, 0.15) is 57.1 Å². The van der Waals surface area contributed by atoms with E-state index >= 15 is 0 Å². The van der Waals surface area contributed by atoms with E-state index in [-0.39, 0.29) is 11.9 Å². The fraction of sp³-hybridized carbons (Fsp3) is 0.571. The predicted molar refractivity (Wildman–Crippen MR) is 77.5 cm³/mol. The Balaban J connectivity index is 2.49. The Kier molecular flexibility index (Phi) is 7.47. The fourth-order valence-electron chi connectivity index (χ4n) is 2.06. The van der Waals surface area contributed by atoms with Crippen molar-refractivity contribution in [1.29, 1.82) is 0 Å². The van der Waals surface area contributed by atoms with Gasteiger partial charge in [-0.3, -0.25) is 11.3 Å². The number of halogens is 2. The quantitative estimate of drug-likeness (QED) is 0.422. The highest BCUT2D eigenvalue weighted by Crippen LogP contribution is 2.27. The summed E-state index contributed by atoms with van der Waals surface area (Å²) in [7, 11) is 0. The van der Waals surface area contributed by atoms with E-state index in [1.54, 1.807) is 6.07 Å². The van der Waals surface area contributed by atoms with Crippen molar-refractivity contribution in [2.24, 2.45) is 5.84 Å². The van der Waals surface area contributed by atoms with Crippen molar-refractivity contribution in [3.8, 4) is 0 Å². The molecule has 1 rings (SSSR count). The largest absolute Gasteiger partial charge is 0.271 e. The number of hydrogen-bond donors (Lipinski definition) is 2. The lowest BCUT2D eigenvalue weighted by atomic mass is 10.0. The average Bonchev–Trinajstić information content (AvgIpc) is 2.35. The third kappa shape index (κ3) is 5.04. The molecule has 0 bridgehead atoms. The first-order chi connectivity index (χ1) is 8.69.